The second kappa shape index (κ2) is 5.50. The summed E-state index contributed by atoms with van der Waals surface area (Å²) in [4.78, 5) is 0.154. The molecule has 19 heavy (non-hydrogen) atoms. The summed E-state index contributed by atoms with van der Waals surface area (Å²) in [6.07, 6.45) is 0. The molecule has 3 N–H and O–H groups in total. The lowest BCUT2D eigenvalue weighted by molar-refractivity contribution is 0.586. The van der Waals surface area contributed by atoms with Crippen molar-refractivity contribution in [3.8, 4) is 0 Å². The maximum Gasteiger partial charge on any atom is 0.149 e. The summed E-state index contributed by atoms with van der Waals surface area (Å²) < 4.78 is 26.4. The van der Waals surface area contributed by atoms with E-state index in [1.54, 1.807) is 18.2 Å². The average molecular weight is 299 g/mol. The number of thiocarbonyl (C=S) groups is 1. The van der Waals surface area contributed by atoms with Gasteiger partial charge in [-0.25, -0.2) is 8.78 Å². The van der Waals surface area contributed by atoms with Gasteiger partial charge in [0.2, 0.25) is 0 Å². The lowest BCUT2D eigenvalue weighted by atomic mass is 10.1. The molecule has 0 heterocycles. The van der Waals surface area contributed by atoms with Crippen LogP contribution in [0.3, 0.4) is 0 Å². The summed E-state index contributed by atoms with van der Waals surface area (Å²) in [5.41, 5.74) is 6.68. The van der Waals surface area contributed by atoms with Crippen LogP contribution in [-0.2, 0) is 0 Å². The van der Waals surface area contributed by atoms with Crippen LogP contribution in [0.25, 0.3) is 0 Å². The van der Waals surface area contributed by atoms with Crippen LogP contribution in [0, 0.1) is 11.6 Å². The van der Waals surface area contributed by atoms with Crippen LogP contribution in [0.15, 0.2) is 36.4 Å². The summed E-state index contributed by atoms with van der Waals surface area (Å²) in [6.45, 7) is 0. The highest BCUT2D eigenvalue weighted by atomic mass is 35.5. The fourth-order valence-corrected chi connectivity index (χ4v) is 1.92. The first-order valence-electron chi connectivity index (χ1n) is 5.29. The zero-order valence-electron chi connectivity index (χ0n) is 9.58. The average Bonchev–Trinajstić information content (AvgIpc) is 2.32. The van der Waals surface area contributed by atoms with Crippen molar-refractivity contribution in [3.63, 3.8) is 0 Å². The van der Waals surface area contributed by atoms with Crippen molar-refractivity contribution in [2.24, 2.45) is 5.73 Å². The van der Waals surface area contributed by atoms with Crippen molar-refractivity contribution in [3.05, 3.63) is 58.6 Å². The molecule has 2 aromatic rings. The third kappa shape index (κ3) is 3.19. The van der Waals surface area contributed by atoms with Crippen molar-refractivity contribution in [1.29, 1.82) is 0 Å². The second-order valence-corrected chi connectivity index (χ2v) is 4.68. The highest BCUT2D eigenvalue weighted by Gasteiger charge is 2.09. The van der Waals surface area contributed by atoms with Crippen LogP contribution >= 0.6 is 23.8 Å². The summed E-state index contributed by atoms with van der Waals surface area (Å²) in [5.74, 6) is -1.36. The van der Waals surface area contributed by atoms with Gasteiger partial charge < -0.3 is 11.1 Å². The Kier molecular flexibility index (Phi) is 3.97. The molecule has 6 heteroatoms. The quantitative estimate of drug-likeness (QED) is 0.841. The minimum atomic E-state index is -0.714. The van der Waals surface area contributed by atoms with Crippen molar-refractivity contribution in [2.45, 2.75) is 0 Å². The number of nitrogens with one attached hydrogen (secondary N) is 1. The Morgan fingerprint density at radius 1 is 1.11 bits per heavy atom. The lowest BCUT2D eigenvalue weighted by Crippen LogP contribution is -2.12. The van der Waals surface area contributed by atoms with Gasteiger partial charge >= 0.3 is 0 Å². The first-order valence-corrected chi connectivity index (χ1v) is 6.07. The molecule has 0 saturated heterocycles. The van der Waals surface area contributed by atoms with E-state index in [1.807, 2.05) is 0 Å². The second-order valence-electron chi connectivity index (χ2n) is 3.80. The summed E-state index contributed by atoms with van der Waals surface area (Å²) in [5, 5.41) is 3.25. The van der Waals surface area contributed by atoms with Gasteiger partial charge in [0.05, 0.1) is 11.4 Å². The minimum Gasteiger partial charge on any atom is -0.389 e. The summed E-state index contributed by atoms with van der Waals surface area (Å²) in [6, 6.07) is 8.05. The Morgan fingerprint density at radius 3 is 2.47 bits per heavy atom. The molecule has 0 unspecified atom stereocenters. The maximum absolute atomic E-state index is 13.6. The fraction of sp³-hybridized carbons (Fsp3) is 0. The molecular formula is C13H9ClF2N2S. The van der Waals surface area contributed by atoms with E-state index in [0.717, 1.165) is 12.1 Å². The highest BCUT2D eigenvalue weighted by molar-refractivity contribution is 7.80. The van der Waals surface area contributed by atoms with Crippen LogP contribution in [0.4, 0.5) is 20.2 Å². The van der Waals surface area contributed by atoms with E-state index in [9.17, 15) is 8.78 Å². The minimum absolute atomic E-state index is 0.112. The molecule has 2 aromatic carbocycles. The molecule has 0 saturated carbocycles. The van der Waals surface area contributed by atoms with E-state index in [4.69, 9.17) is 29.6 Å². The monoisotopic (exact) mass is 298 g/mol. The van der Waals surface area contributed by atoms with Gasteiger partial charge in [-0.15, -0.1) is 0 Å². The van der Waals surface area contributed by atoms with E-state index in [-0.39, 0.29) is 10.7 Å². The molecule has 0 aromatic heterocycles. The summed E-state index contributed by atoms with van der Waals surface area (Å²) >= 11 is 10.8. The standard InChI is InChI=1S/C13H9ClF2N2S/c14-7-1-3-9(13(17)19)12(5-7)18-11-4-2-8(15)6-10(11)16/h1-6,18H,(H2,17,19). The van der Waals surface area contributed by atoms with E-state index >= 15 is 0 Å². The lowest BCUT2D eigenvalue weighted by Gasteiger charge is -2.12. The van der Waals surface area contributed by atoms with Crippen molar-refractivity contribution in [1.82, 2.24) is 0 Å². The first-order chi connectivity index (χ1) is 8.97. The number of benzene rings is 2. The number of halogens is 3. The number of rotatable bonds is 3. The third-order valence-electron chi connectivity index (χ3n) is 2.45. The zero-order chi connectivity index (χ0) is 14.0. The molecule has 0 amide bonds. The highest BCUT2D eigenvalue weighted by Crippen LogP contribution is 2.26. The molecule has 0 aliphatic rings. The van der Waals surface area contributed by atoms with Crippen LogP contribution in [0.5, 0.6) is 0 Å². The SMILES string of the molecule is NC(=S)c1ccc(Cl)cc1Nc1ccc(F)cc1F. The van der Waals surface area contributed by atoms with Gasteiger partial charge in [0, 0.05) is 16.7 Å². The number of anilines is 2. The molecule has 0 spiro atoms. The van der Waals surface area contributed by atoms with Gasteiger partial charge in [-0.3, -0.25) is 0 Å². The molecule has 0 radical (unpaired) electrons. The van der Waals surface area contributed by atoms with Gasteiger partial charge in [0.1, 0.15) is 16.6 Å². The molecule has 0 aliphatic carbocycles. The molecule has 98 valence electrons. The van der Waals surface area contributed by atoms with E-state index in [2.05, 4.69) is 5.32 Å². The Morgan fingerprint density at radius 2 is 1.84 bits per heavy atom. The van der Waals surface area contributed by atoms with Crippen LogP contribution in [0.1, 0.15) is 5.56 Å². The Balaban J connectivity index is 2.42. The van der Waals surface area contributed by atoms with E-state index < -0.39 is 11.6 Å². The number of hydrogen-bond donors (Lipinski definition) is 2. The Hall–Kier alpha value is -1.72. The predicted molar refractivity (Wildman–Crippen MR) is 77.0 cm³/mol. The van der Waals surface area contributed by atoms with Crippen LogP contribution in [-0.4, -0.2) is 4.99 Å². The van der Waals surface area contributed by atoms with Crippen molar-refractivity contribution >= 4 is 40.2 Å². The largest absolute Gasteiger partial charge is 0.389 e. The van der Waals surface area contributed by atoms with E-state index in [1.165, 1.54) is 6.07 Å². The molecule has 0 atom stereocenters. The maximum atomic E-state index is 13.6. The molecule has 0 bridgehead atoms. The molecule has 2 nitrogen and oxygen atoms in total. The fourth-order valence-electron chi connectivity index (χ4n) is 1.57. The normalized spacial score (nSPS) is 10.3. The molecular weight excluding hydrogens is 290 g/mol. The predicted octanol–water partition coefficient (Wildman–Crippen LogP) is 4.00. The van der Waals surface area contributed by atoms with E-state index in [0.29, 0.717) is 16.3 Å². The summed E-state index contributed by atoms with van der Waals surface area (Å²) in [7, 11) is 0. The number of nitrogens with two attached hydrogens (primary N) is 1. The van der Waals surface area contributed by atoms with Crippen molar-refractivity contribution in [2.75, 3.05) is 5.32 Å². The van der Waals surface area contributed by atoms with Crippen LogP contribution in [0.2, 0.25) is 5.02 Å². The van der Waals surface area contributed by atoms with Gasteiger partial charge in [0.25, 0.3) is 0 Å². The van der Waals surface area contributed by atoms with Gasteiger partial charge in [0.15, 0.2) is 0 Å². The topological polar surface area (TPSA) is 38.0 Å². The smallest absolute Gasteiger partial charge is 0.149 e. The molecule has 2 rings (SSSR count). The first kappa shape index (κ1) is 13.7. The van der Waals surface area contributed by atoms with Crippen molar-refractivity contribution < 1.29 is 8.78 Å². The van der Waals surface area contributed by atoms with Gasteiger partial charge in [-0.1, -0.05) is 23.8 Å². The van der Waals surface area contributed by atoms with Crippen LogP contribution < -0.4 is 11.1 Å². The third-order valence-corrected chi connectivity index (χ3v) is 2.90. The molecule has 0 fully saturated rings. The zero-order valence-corrected chi connectivity index (χ0v) is 11.2. The molecule has 0 aliphatic heterocycles. The number of hydrogen-bond acceptors (Lipinski definition) is 2. The Bertz CT molecular complexity index is 647. The van der Waals surface area contributed by atoms with Gasteiger partial charge in [-0.2, -0.15) is 0 Å². The van der Waals surface area contributed by atoms with Gasteiger partial charge in [-0.05, 0) is 30.3 Å². The Labute approximate surface area is 119 Å².